The predicted octanol–water partition coefficient (Wildman–Crippen LogP) is -12.8. The molecule has 0 aromatic heterocycles. The Balaban J connectivity index is -0.0000000216. The van der Waals surface area contributed by atoms with Gasteiger partial charge < -0.3 is 15.3 Å². The van der Waals surface area contributed by atoms with Crippen LogP contribution in [0.2, 0.25) is 0 Å². The van der Waals surface area contributed by atoms with Gasteiger partial charge in [-0.15, -0.1) is 0 Å². The van der Waals surface area contributed by atoms with Crippen LogP contribution < -0.4 is 98.8 Å². The van der Waals surface area contributed by atoms with Gasteiger partial charge in [0.05, 0.1) is 0 Å². The van der Waals surface area contributed by atoms with E-state index in [0.717, 1.165) is 20.8 Å². The van der Waals surface area contributed by atoms with Gasteiger partial charge in [-0.3, -0.25) is 14.4 Å². The molecule has 0 spiro atoms. The zero-order valence-corrected chi connectivity index (χ0v) is 20.7. The standard InChI is InChI=1S/3C2H4O2.3Na.4O.Sb/c3*1-2(3)4;;;;;;;;/h3*1H3,(H,3,4);;;;;;;;/q;;;3*+1;;3*-1;. The molecule has 0 fully saturated rings. The molecule has 0 atom stereocenters. The Hall–Kier alpha value is 1.91. The van der Waals surface area contributed by atoms with Crippen LogP contribution in [0.1, 0.15) is 20.8 Å². The fourth-order valence-corrected chi connectivity index (χ4v) is 0. The number of rotatable bonds is 0. The molecule has 0 amide bonds. The second-order valence-electron chi connectivity index (χ2n) is 2.00. The third kappa shape index (κ3) is 1950. The summed E-state index contributed by atoms with van der Waals surface area (Å²) in [7, 11) is 0. The summed E-state index contributed by atoms with van der Waals surface area (Å²) in [6, 6.07) is 0. The minimum absolute atomic E-state index is 0. The molecule has 0 radical (unpaired) electrons. The first kappa shape index (κ1) is 43.1. The van der Waals surface area contributed by atoms with Crippen molar-refractivity contribution in [3.8, 4) is 0 Å². The SMILES string of the molecule is CC(=O)O.CC(=O)O.CC(=O)O.[Na+].[Na+].[Na+].[O]=[Sb]([O-])([O-])[O-]. The van der Waals surface area contributed by atoms with E-state index in [2.05, 4.69) is 0 Å². The predicted molar refractivity (Wildman–Crippen MR) is 46.4 cm³/mol. The van der Waals surface area contributed by atoms with E-state index in [1.54, 1.807) is 0 Å². The summed E-state index contributed by atoms with van der Waals surface area (Å²) >= 11 is -6.10. The first-order chi connectivity index (χ1) is 7.20. The molecule has 0 heterocycles. The van der Waals surface area contributed by atoms with Crippen LogP contribution >= 0.6 is 0 Å². The molecule has 0 unspecified atom stereocenters. The molecule has 0 rings (SSSR count). The zero-order valence-electron chi connectivity index (χ0n) is 12.1. The van der Waals surface area contributed by atoms with Crippen LogP contribution in [0.5, 0.6) is 0 Å². The summed E-state index contributed by atoms with van der Waals surface area (Å²) < 4.78 is 34.6. The normalized spacial score (nSPS) is 6.70. The van der Waals surface area contributed by atoms with E-state index in [0.29, 0.717) is 0 Å². The third-order valence-corrected chi connectivity index (χ3v) is 0. The topological polar surface area (TPSA) is 198 Å². The van der Waals surface area contributed by atoms with Gasteiger partial charge in [-0.1, -0.05) is 0 Å². The average molecular weight is 435 g/mol. The van der Waals surface area contributed by atoms with Crippen LogP contribution in [0.15, 0.2) is 0 Å². The van der Waals surface area contributed by atoms with E-state index in [1.165, 1.54) is 0 Å². The summed E-state index contributed by atoms with van der Waals surface area (Å²) in [6.07, 6.45) is 0. The van der Waals surface area contributed by atoms with Crippen LogP contribution in [0.3, 0.4) is 0 Å². The molecule has 104 valence electrons. The Morgan fingerprint density at radius 1 is 0.700 bits per heavy atom. The maximum atomic E-state index is 9.00. The van der Waals surface area contributed by atoms with Gasteiger partial charge in [-0.2, -0.15) is 0 Å². The van der Waals surface area contributed by atoms with E-state index in [4.69, 9.17) is 42.9 Å². The number of carboxylic acid groups (broad SMARTS) is 3. The van der Waals surface area contributed by atoms with Gasteiger partial charge in [0.1, 0.15) is 0 Å². The molecule has 0 aliphatic heterocycles. The molecule has 0 aromatic rings. The number of carbonyl (C=O) groups is 3. The fourth-order valence-electron chi connectivity index (χ4n) is 0. The Bertz CT molecular complexity index is 229. The van der Waals surface area contributed by atoms with Crippen LogP contribution in [0, 0.1) is 0 Å². The number of hydrogen-bond donors (Lipinski definition) is 3. The summed E-state index contributed by atoms with van der Waals surface area (Å²) in [6.45, 7) is 3.25. The van der Waals surface area contributed by atoms with Gasteiger partial charge in [-0.25, -0.2) is 0 Å². The Labute approximate surface area is 187 Å². The number of aliphatic carboxylic acids is 3. The molecule has 0 bridgehead atoms. The maximum absolute atomic E-state index is 9.00. The van der Waals surface area contributed by atoms with Crippen molar-refractivity contribution in [3.63, 3.8) is 0 Å². The molecule has 0 aliphatic rings. The van der Waals surface area contributed by atoms with Crippen LogP contribution in [-0.4, -0.2) is 53.3 Å². The number of carboxylic acids is 3. The van der Waals surface area contributed by atoms with Crippen molar-refractivity contribution in [1.82, 2.24) is 0 Å². The van der Waals surface area contributed by atoms with E-state index in [9.17, 15) is 0 Å². The first-order valence-electron chi connectivity index (χ1n) is 3.51. The van der Waals surface area contributed by atoms with Gasteiger partial charge >= 0.3 is 122 Å². The molecule has 3 N–H and O–H groups in total. The molecular formula is C6H12Na3O10Sb. The summed E-state index contributed by atoms with van der Waals surface area (Å²) in [5.41, 5.74) is 0. The zero-order chi connectivity index (χ0) is 15.2. The quantitative estimate of drug-likeness (QED) is 0.307. The van der Waals surface area contributed by atoms with Crippen molar-refractivity contribution >= 4 is 38.0 Å². The molecular weight excluding hydrogens is 423 g/mol. The third-order valence-electron chi connectivity index (χ3n) is 0. The van der Waals surface area contributed by atoms with Crippen molar-refractivity contribution < 1.29 is 132 Å². The van der Waals surface area contributed by atoms with Gasteiger partial charge in [0.15, 0.2) is 0 Å². The Kier molecular flexibility index (Phi) is 62.5. The number of hydrogen-bond acceptors (Lipinski definition) is 7. The average Bonchev–Trinajstić information content (AvgIpc) is 1.73. The van der Waals surface area contributed by atoms with Crippen LogP contribution in [-0.2, 0) is 17.4 Å². The van der Waals surface area contributed by atoms with Gasteiger partial charge in [0.25, 0.3) is 17.9 Å². The van der Waals surface area contributed by atoms with E-state index >= 15 is 0 Å². The van der Waals surface area contributed by atoms with E-state index < -0.39 is 38.0 Å². The molecule has 0 aromatic carbocycles. The van der Waals surface area contributed by atoms with Crippen molar-refractivity contribution in [1.29, 1.82) is 0 Å². The second kappa shape index (κ2) is 29.0. The first-order valence-corrected chi connectivity index (χ1v) is 7.68. The summed E-state index contributed by atoms with van der Waals surface area (Å²) in [5, 5.41) is 22.2. The summed E-state index contributed by atoms with van der Waals surface area (Å²) in [5.74, 6) is -2.50. The van der Waals surface area contributed by atoms with Crippen molar-refractivity contribution in [2.24, 2.45) is 0 Å². The van der Waals surface area contributed by atoms with Crippen molar-refractivity contribution in [2.45, 2.75) is 20.8 Å². The monoisotopic (exact) mass is 434 g/mol. The molecule has 0 saturated heterocycles. The Morgan fingerprint density at radius 3 is 0.700 bits per heavy atom. The Morgan fingerprint density at radius 2 is 0.700 bits per heavy atom. The minimum atomic E-state index is -6.10. The van der Waals surface area contributed by atoms with Crippen LogP contribution in [0.4, 0.5) is 0 Å². The van der Waals surface area contributed by atoms with E-state index in [1.807, 2.05) is 0 Å². The second-order valence-corrected chi connectivity index (χ2v) is 4.56. The fraction of sp³-hybridized carbons (Fsp3) is 0.500. The summed E-state index contributed by atoms with van der Waals surface area (Å²) in [4.78, 5) is 27.0. The van der Waals surface area contributed by atoms with Crippen molar-refractivity contribution in [2.75, 3.05) is 0 Å². The molecule has 0 saturated carbocycles. The molecule has 14 heteroatoms. The van der Waals surface area contributed by atoms with Gasteiger partial charge in [-0.05, 0) is 0 Å². The molecule has 10 nitrogen and oxygen atoms in total. The van der Waals surface area contributed by atoms with Gasteiger partial charge in [0.2, 0.25) is 0 Å². The van der Waals surface area contributed by atoms with Crippen LogP contribution in [0.25, 0.3) is 0 Å². The van der Waals surface area contributed by atoms with Gasteiger partial charge in [0, 0.05) is 20.8 Å². The molecule has 20 heavy (non-hydrogen) atoms. The van der Waals surface area contributed by atoms with E-state index in [-0.39, 0.29) is 88.7 Å². The molecule has 0 aliphatic carbocycles. The van der Waals surface area contributed by atoms with Crippen molar-refractivity contribution in [3.05, 3.63) is 0 Å².